The predicted octanol–water partition coefficient (Wildman–Crippen LogP) is 3.61. The van der Waals surface area contributed by atoms with Crippen LogP contribution in [-0.2, 0) is 5.54 Å². The van der Waals surface area contributed by atoms with E-state index in [1.54, 1.807) is 0 Å². The van der Waals surface area contributed by atoms with Crippen LogP contribution in [0.5, 0.6) is 0 Å². The molecule has 1 atom stereocenters. The summed E-state index contributed by atoms with van der Waals surface area (Å²) in [6.45, 7) is 7.88. The van der Waals surface area contributed by atoms with Crippen molar-refractivity contribution in [2.24, 2.45) is 0 Å². The van der Waals surface area contributed by atoms with Crippen LogP contribution in [0.4, 0.5) is 0 Å². The number of hydrogen-bond donors (Lipinski definition) is 1. The van der Waals surface area contributed by atoms with Gasteiger partial charge in [-0.05, 0) is 52.3 Å². The van der Waals surface area contributed by atoms with Crippen LogP contribution < -0.4 is 5.32 Å². The lowest BCUT2D eigenvalue weighted by molar-refractivity contribution is 0.338. The summed E-state index contributed by atoms with van der Waals surface area (Å²) in [6.07, 6.45) is 3.77. The molecular formula is C16H23N3. The molecular weight excluding hydrogens is 234 g/mol. The van der Waals surface area contributed by atoms with E-state index < -0.39 is 0 Å². The van der Waals surface area contributed by atoms with E-state index in [9.17, 15) is 0 Å². The molecule has 0 aliphatic carbocycles. The zero-order valence-electron chi connectivity index (χ0n) is 12.1. The fraction of sp³-hybridized carbons (Fsp3) is 0.562. The first-order valence-electron chi connectivity index (χ1n) is 7.28. The summed E-state index contributed by atoms with van der Waals surface area (Å²) in [5, 5.41) is 3.63. The Morgan fingerprint density at radius 3 is 2.68 bits per heavy atom. The highest BCUT2D eigenvalue weighted by atomic mass is 15.2. The Morgan fingerprint density at radius 2 is 2.00 bits per heavy atom. The van der Waals surface area contributed by atoms with Crippen LogP contribution in [0, 0.1) is 0 Å². The molecule has 1 aliphatic heterocycles. The van der Waals surface area contributed by atoms with Crippen LogP contribution >= 0.6 is 0 Å². The SMILES string of the molecule is CC(C)(C)n1c(C2CCCCN2)nc2ccccc21. The molecule has 0 saturated carbocycles. The lowest BCUT2D eigenvalue weighted by Gasteiger charge is -2.30. The summed E-state index contributed by atoms with van der Waals surface area (Å²) in [7, 11) is 0. The smallest absolute Gasteiger partial charge is 0.127 e. The van der Waals surface area contributed by atoms with E-state index in [-0.39, 0.29) is 5.54 Å². The third kappa shape index (κ3) is 2.27. The fourth-order valence-electron chi connectivity index (χ4n) is 3.06. The highest BCUT2D eigenvalue weighted by molar-refractivity contribution is 5.76. The minimum Gasteiger partial charge on any atom is -0.321 e. The van der Waals surface area contributed by atoms with E-state index in [1.165, 1.54) is 30.6 Å². The monoisotopic (exact) mass is 257 g/mol. The number of fused-ring (bicyclic) bond motifs is 1. The van der Waals surface area contributed by atoms with Gasteiger partial charge in [-0.25, -0.2) is 4.98 Å². The fourth-order valence-corrected chi connectivity index (χ4v) is 3.06. The van der Waals surface area contributed by atoms with Crippen LogP contribution in [0.15, 0.2) is 24.3 Å². The van der Waals surface area contributed by atoms with Gasteiger partial charge in [-0.3, -0.25) is 0 Å². The Kier molecular flexibility index (Phi) is 3.09. The first-order chi connectivity index (χ1) is 9.07. The van der Waals surface area contributed by atoms with Crippen molar-refractivity contribution in [2.75, 3.05) is 6.54 Å². The van der Waals surface area contributed by atoms with E-state index in [0.717, 1.165) is 12.1 Å². The van der Waals surface area contributed by atoms with Gasteiger partial charge in [-0.2, -0.15) is 0 Å². The number of para-hydroxylation sites is 2. The van der Waals surface area contributed by atoms with Gasteiger partial charge < -0.3 is 9.88 Å². The van der Waals surface area contributed by atoms with Crippen molar-refractivity contribution < 1.29 is 0 Å². The summed E-state index contributed by atoms with van der Waals surface area (Å²) in [6, 6.07) is 8.87. The number of nitrogens with zero attached hydrogens (tertiary/aromatic N) is 2. The Labute approximate surface area is 115 Å². The second-order valence-corrected chi connectivity index (χ2v) is 6.47. The maximum atomic E-state index is 4.90. The second kappa shape index (κ2) is 4.64. The molecule has 0 bridgehead atoms. The van der Waals surface area contributed by atoms with Crippen molar-refractivity contribution in [2.45, 2.75) is 51.6 Å². The molecule has 1 aliphatic rings. The van der Waals surface area contributed by atoms with Crippen LogP contribution in [0.2, 0.25) is 0 Å². The van der Waals surface area contributed by atoms with Gasteiger partial charge >= 0.3 is 0 Å². The maximum absolute atomic E-state index is 4.90. The van der Waals surface area contributed by atoms with E-state index in [0.29, 0.717) is 6.04 Å². The molecule has 1 aromatic carbocycles. The van der Waals surface area contributed by atoms with Gasteiger partial charge in [0.15, 0.2) is 0 Å². The molecule has 19 heavy (non-hydrogen) atoms. The predicted molar refractivity (Wildman–Crippen MR) is 79.3 cm³/mol. The molecule has 102 valence electrons. The van der Waals surface area contributed by atoms with E-state index >= 15 is 0 Å². The van der Waals surface area contributed by atoms with E-state index in [2.05, 4.69) is 54.9 Å². The summed E-state index contributed by atoms with van der Waals surface area (Å²) in [4.78, 5) is 4.90. The number of rotatable bonds is 1. The number of hydrogen-bond acceptors (Lipinski definition) is 2. The van der Waals surface area contributed by atoms with Crippen molar-refractivity contribution in [3.05, 3.63) is 30.1 Å². The summed E-state index contributed by atoms with van der Waals surface area (Å²) < 4.78 is 2.41. The molecule has 0 radical (unpaired) electrons. The number of benzene rings is 1. The number of imidazole rings is 1. The lowest BCUT2D eigenvalue weighted by Crippen LogP contribution is -2.33. The minimum atomic E-state index is 0.0601. The van der Waals surface area contributed by atoms with Gasteiger partial charge in [-0.15, -0.1) is 0 Å². The molecule has 3 heteroatoms. The molecule has 0 spiro atoms. The zero-order chi connectivity index (χ0) is 13.5. The zero-order valence-corrected chi connectivity index (χ0v) is 12.1. The van der Waals surface area contributed by atoms with Crippen LogP contribution in [-0.4, -0.2) is 16.1 Å². The van der Waals surface area contributed by atoms with Crippen molar-refractivity contribution >= 4 is 11.0 Å². The molecule has 1 saturated heterocycles. The Hall–Kier alpha value is -1.35. The molecule has 2 heterocycles. The van der Waals surface area contributed by atoms with Gasteiger partial charge in [0.1, 0.15) is 5.82 Å². The second-order valence-electron chi connectivity index (χ2n) is 6.47. The Bertz CT molecular complexity index is 571. The maximum Gasteiger partial charge on any atom is 0.127 e. The third-order valence-electron chi connectivity index (χ3n) is 3.88. The highest BCUT2D eigenvalue weighted by Gasteiger charge is 2.27. The van der Waals surface area contributed by atoms with Gasteiger partial charge in [-0.1, -0.05) is 18.6 Å². The Morgan fingerprint density at radius 1 is 1.21 bits per heavy atom. The summed E-state index contributed by atoms with van der Waals surface area (Å²) in [5.41, 5.74) is 2.42. The average molecular weight is 257 g/mol. The van der Waals surface area contributed by atoms with Gasteiger partial charge in [0.2, 0.25) is 0 Å². The average Bonchev–Trinajstić information content (AvgIpc) is 2.79. The standard InChI is InChI=1S/C16H23N3/c1-16(2,3)19-14-10-5-4-8-12(14)18-15(19)13-9-6-7-11-17-13/h4-5,8,10,13,17H,6-7,9,11H2,1-3H3. The normalized spacial score (nSPS) is 20.9. The minimum absolute atomic E-state index is 0.0601. The summed E-state index contributed by atoms with van der Waals surface area (Å²) >= 11 is 0. The van der Waals surface area contributed by atoms with Crippen LogP contribution in [0.1, 0.15) is 51.9 Å². The van der Waals surface area contributed by atoms with Crippen molar-refractivity contribution in [1.29, 1.82) is 0 Å². The van der Waals surface area contributed by atoms with E-state index in [1.807, 2.05) is 0 Å². The van der Waals surface area contributed by atoms with Crippen LogP contribution in [0.3, 0.4) is 0 Å². The first kappa shape index (κ1) is 12.7. The highest BCUT2D eigenvalue weighted by Crippen LogP contribution is 2.31. The first-order valence-corrected chi connectivity index (χ1v) is 7.28. The molecule has 3 rings (SSSR count). The van der Waals surface area contributed by atoms with Crippen molar-refractivity contribution in [1.82, 2.24) is 14.9 Å². The third-order valence-corrected chi connectivity index (χ3v) is 3.88. The number of piperidine rings is 1. The largest absolute Gasteiger partial charge is 0.321 e. The molecule has 1 unspecified atom stereocenters. The molecule has 1 N–H and O–H groups in total. The van der Waals surface area contributed by atoms with Gasteiger partial charge in [0.05, 0.1) is 17.1 Å². The quantitative estimate of drug-likeness (QED) is 0.846. The molecule has 1 fully saturated rings. The van der Waals surface area contributed by atoms with E-state index in [4.69, 9.17) is 4.98 Å². The van der Waals surface area contributed by atoms with Crippen LogP contribution in [0.25, 0.3) is 11.0 Å². The molecule has 3 nitrogen and oxygen atoms in total. The molecule has 1 aromatic heterocycles. The Balaban J connectivity index is 2.17. The number of nitrogens with one attached hydrogen (secondary N) is 1. The van der Waals surface area contributed by atoms with Gasteiger partial charge in [0.25, 0.3) is 0 Å². The molecule has 2 aromatic rings. The summed E-state index contributed by atoms with van der Waals surface area (Å²) in [5.74, 6) is 1.20. The van der Waals surface area contributed by atoms with Crippen molar-refractivity contribution in [3.8, 4) is 0 Å². The van der Waals surface area contributed by atoms with Gasteiger partial charge in [0, 0.05) is 5.54 Å². The number of aromatic nitrogens is 2. The lowest BCUT2D eigenvalue weighted by atomic mass is 10.0. The van der Waals surface area contributed by atoms with Crippen molar-refractivity contribution in [3.63, 3.8) is 0 Å². The topological polar surface area (TPSA) is 29.9 Å². The molecule has 0 amide bonds.